The van der Waals surface area contributed by atoms with Crippen molar-refractivity contribution in [3.8, 4) is 0 Å². The molecule has 2 fully saturated rings. The number of carbonyl (C=O) groups excluding carboxylic acids is 1. The van der Waals surface area contributed by atoms with Crippen molar-refractivity contribution in [1.29, 1.82) is 0 Å². The van der Waals surface area contributed by atoms with E-state index in [1.807, 2.05) is 6.07 Å². The lowest BCUT2D eigenvalue weighted by molar-refractivity contribution is -0.134. The van der Waals surface area contributed by atoms with Gasteiger partial charge in [0.1, 0.15) is 12.4 Å². The molecule has 3 rings (SSSR count). The second-order valence-electron chi connectivity index (χ2n) is 4.97. The summed E-state index contributed by atoms with van der Waals surface area (Å²) < 4.78 is 18.8. The van der Waals surface area contributed by atoms with E-state index in [2.05, 4.69) is 10.2 Å². The van der Waals surface area contributed by atoms with E-state index < -0.39 is 5.82 Å². The summed E-state index contributed by atoms with van der Waals surface area (Å²) >= 11 is 5.66. The molecule has 2 heterocycles. The van der Waals surface area contributed by atoms with Gasteiger partial charge in [-0.1, -0.05) is 17.7 Å². The highest BCUT2D eigenvalue weighted by atomic mass is 35.5. The Morgan fingerprint density at radius 1 is 1.47 bits per heavy atom. The Bertz CT molecular complexity index is 511. The van der Waals surface area contributed by atoms with Gasteiger partial charge in [0.25, 0.3) is 0 Å². The van der Waals surface area contributed by atoms with Gasteiger partial charge in [-0.3, -0.25) is 9.69 Å². The molecule has 1 amide bonds. The summed E-state index contributed by atoms with van der Waals surface area (Å²) in [5.74, 6) is -0.471. The van der Waals surface area contributed by atoms with Crippen LogP contribution in [0.5, 0.6) is 0 Å². The van der Waals surface area contributed by atoms with Gasteiger partial charge in [-0.05, 0) is 17.7 Å². The molecule has 2 saturated heterocycles. The Morgan fingerprint density at radius 3 is 3.11 bits per heavy atom. The number of hydrogen-bond donors (Lipinski definition) is 1. The Hall–Kier alpha value is -1.17. The van der Waals surface area contributed by atoms with E-state index in [4.69, 9.17) is 16.3 Å². The fourth-order valence-corrected chi connectivity index (χ4v) is 2.73. The Balaban J connectivity index is 1.65. The molecule has 2 atom stereocenters. The first-order chi connectivity index (χ1) is 9.11. The largest absolute Gasteiger partial charge is 0.365 e. The third kappa shape index (κ3) is 2.73. The predicted octanol–water partition coefficient (Wildman–Crippen LogP) is 1.18. The zero-order chi connectivity index (χ0) is 13.4. The Kier molecular flexibility index (Phi) is 3.43. The van der Waals surface area contributed by atoms with Crippen molar-refractivity contribution < 1.29 is 13.9 Å². The molecular formula is C13H14ClFN2O2. The quantitative estimate of drug-likeness (QED) is 0.887. The highest BCUT2D eigenvalue weighted by molar-refractivity contribution is 6.30. The molecule has 102 valence electrons. The molecule has 0 saturated carbocycles. The summed E-state index contributed by atoms with van der Waals surface area (Å²) in [6.45, 7) is 2.22. The smallest absolute Gasteiger partial charge is 0.246 e. The number of likely N-dealkylation sites (tertiary alicyclic amines) is 1. The lowest BCUT2D eigenvalue weighted by atomic mass is 10.2. The molecule has 2 aliphatic heterocycles. The van der Waals surface area contributed by atoms with E-state index in [1.165, 1.54) is 6.07 Å². The van der Waals surface area contributed by atoms with Crippen LogP contribution in [0.15, 0.2) is 18.2 Å². The van der Waals surface area contributed by atoms with Gasteiger partial charge < -0.3 is 10.1 Å². The number of rotatable bonds is 2. The van der Waals surface area contributed by atoms with Gasteiger partial charge in [0.2, 0.25) is 5.91 Å². The monoisotopic (exact) mass is 284 g/mol. The van der Waals surface area contributed by atoms with Gasteiger partial charge in [-0.25, -0.2) is 4.39 Å². The summed E-state index contributed by atoms with van der Waals surface area (Å²) in [5, 5.41) is 3.05. The molecule has 1 N–H and O–H groups in total. The van der Waals surface area contributed by atoms with Crippen LogP contribution >= 0.6 is 11.6 Å². The van der Waals surface area contributed by atoms with Crippen molar-refractivity contribution >= 4 is 17.5 Å². The molecule has 6 heteroatoms. The molecule has 0 radical (unpaired) electrons. The molecule has 19 heavy (non-hydrogen) atoms. The Labute approximate surface area is 115 Å². The number of amides is 1. The van der Waals surface area contributed by atoms with E-state index in [-0.39, 0.29) is 29.7 Å². The summed E-state index contributed by atoms with van der Waals surface area (Å²) in [5.41, 5.74) is 0.867. The van der Waals surface area contributed by atoms with E-state index in [0.717, 1.165) is 18.7 Å². The predicted molar refractivity (Wildman–Crippen MR) is 68.4 cm³/mol. The maximum atomic E-state index is 13.4. The van der Waals surface area contributed by atoms with Gasteiger partial charge in [0.15, 0.2) is 0 Å². The summed E-state index contributed by atoms with van der Waals surface area (Å²) in [6.07, 6.45) is 0.0369. The number of nitrogens with zero attached hydrogens (tertiary/aromatic N) is 1. The van der Waals surface area contributed by atoms with Crippen molar-refractivity contribution in [3.05, 3.63) is 34.6 Å². The zero-order valence-corrected chi connectivity index (χ0v) is 11.0. The maximum Gasteiger partial charge on any atom is 0.246 e. The summed E-state index contributed by atoms with van der Waals surface area (Å²) in [7, 11) is 0. The maximum absolute atomic E-state index is 13.4. The van der Waals surface area contributed by atoms with E-state index >= 15 is 0 Å². The highest BCUT2D eigenvalue weighted by Gasteiger charge is 2.37. The van der Waals surface area contributed by atoms with Gasteiger partial charge >= 0.3 is 0 Å². The average Bonchev–Trinajstić information content (AvgIpc) is 2.75. The SMILES string of the molecule is O=C1CO[C@H]2CN(Cc3ccc(Cl)c(F)c3)C[C@@H]2N1. The number of nitrogens with one attached hydrogen (secondary N) is 1. The zero-order valence-electron chi connectivity index (χ0n) is 10.2. The minimum absolute atomic E-state index is 0.0369. The molecule has 0 unspecified atom stereocenters. The molecule has 2 aliphatic rings. The van der Waals surface area contributed by atoms with Crippen LogP contribution in [0.2, 0.25) is 5.02 Å². The van der Waals surface area contributed by atoms with Gasteiger partial charge in [0.05, 0.1) is 17.2 Å². The van der Waals surface area contributed by atoms with Crippen LogP contribution in [0.25, 0.3) is 0 Å². The van der Waals surface area contributed by atoms with Crippen LogP contribution in [0.4, 0.5) is 4.39 Å². The van der Waals surface area contributed by atoms with Crippen molar-refractivity contribution in [3.63, 3.8) is 0 Å². The van der Waals surface area contributed by atoms with Gasteiger partial charge in [0, 0.05) is 19.6 Å². The first-order valence-corrected chi connectivity index (χ1v) is 6.57. The third-order valence-corrected chi connectivity index (χ3v) is 3.81. The first kappa shape index (κ1) is 12.8. The Morgan fingerprint density at radius 2 is 2.32 bits per heavy atom. The number of benzene rings is 1. The van der Waals surface area contributed by atoms with Gasteiger partial charge in [-0.2, -0.15) is 0 Å². The van der Waals surface area contributed by atoms with Crippen LogP contribution in [0.1, 0.15) is 5.56 Å². The number of hydrogen-bond acceptors (Lipinski definition) is 3. The fraction of sp³-hybridized carbons (Fsp3) is 0.462. The van der Waals surface area contributed by atoms with Crippen molar-refractivity contribution in [2.75, 3.05) is 19.7 Å². The number of halogens is 2. The fourth-order valence-electron chi connectivity index (χ4n) is 2.62. The normalized spacial score (nSPS) is 27.2. The molecule has 0 bridgehead atoms. The molecule has 1 aromatic carbocycles. The average molecular weight is 285 g/mol. The minimum Gasteiger partial charge on any atom is -0.365 e. The standard InChI is InChI=1S/C13H14ClFN2O2/c14-9-2-1-8(3-10(9)15)4-17-5-11-12(6-17)19-7-13(18)16-11/h1-3,11-12H,4-7H2,(H,16,18)/t11-,12-/m0/s1. The minimum atomic E-state index is -0.402. The van der Waals surface area contributed by atoms with Crippen LogP contribution in [0, 0.1) is 5.82 Å². The summed E-state index contributed by atoms with van der Waals surface area (Å²) in [4.78, 5) is 13.4. The number of carbonyl (C=O) groups is 1. The molecule has 0 spiro atoms. The van der Waals surface area contributed by atoms with E-state index in [0.29, 0.717) is 6.54 Å². The van der Waals surface area contributed by atoms with E-state index in [1.54, 1.807) is 6.07 Å². The van der Waals surface area contributed by atoms with Crippen LogP contribution in [0.3, 0.4) is 0 Å². The summed E-state index contributed by atoms with van der Waals surface area (Å²) in [6, 6.07) is 4.86. The second kappa shape index (κ2) is 5.07. The van der Waals surface area contributed by atoms with Crippen LogP contribution < -0.4 is 5.32 Å². The van der Waals surface area contributed by atoms with Crippen molar-refractivity contribution in [2.24, 2.45) is 0 Å². The van der Waals surface area contributed by atoms with E-state index in [9.17, 15) is 9.18 Å². The number of fused-ring (bicyclic) bond motifs is 1. The van der Waals surface area contributed by atoms with Crippen molar-refractivity contribution in [1.82, 2.24) is 10.2 Å². The number of morpholine rings is 1. The highest BCUT2D eigenvalue weighted by Crippen LogP contribution is 2.21. The molecule has 1 aromatic rings. The lowest BCUT2D eigenvalue weighted by Crippen LogP contribution is -2.50. The topological polar surface area (TPSA) is 41.6 Å². The van der Waals surface area contributed by atoms with Crippen LogP contribution in [-0.4, -0.2) is 42.6 Å². The molecular weight excluding hydrogens is 271 g/mol. The molecule has 4 nitrogen and oxygen atoms in total. The van der Waals surface area contributed by atoms with Crippen molar-refractivity contribution in [2.45, 2.75) is 18.7 Å². The third-order valence-electron chi connectivity index (χ3n) is 3.51. The molecule has 0 aliphatic carbocycles. The first-order valence-electron chi connectivity index (χ1n) is 6.19. The van der Waals surface area contributed by atoms with Crippen LogP contribution in [-0.2, 0) is 16.1 Å². The number of ether oxygens (including phenoxy) is 1. The second-order valence-corrected chi connectivity index (χ2v) is 5.37. The van der Waals surface area contributed by atoms with Gasteiger partial charge in [-0.15, -0.1) is 0 Å². The molecule has 0 aromatic heterocycles. The lowest BCUT2D eigenvalue weighted by Gasteiger charge is -2.25.